The van der Waals surface area contributed by atoms with Crippen LogP contribution in [0.4, 0.5) is 0 Å². The number of ether oxygens (including phenoxy) is 4. The molecular weight excluding hydrogens is 288 g/mol. The summed E-state index contributed by atoms with van der Waals surface area (Å²) in [6, 6.07) is 2.13. The lowest BCUT2D eigenvalue weighted by atomic mass is 10.1. The zero-order valence-electron chi connectivity index (χ0n) is 12.9. The van der Waals surface area contributed by atoms with E-state index >= 15 is 0 Å². The summed E-state index contributed by atoms with van der Waals surface area (Å²) < 4.78 is 23.7. The molecule has 3 rings (SSSR count). The molecule has 0 bridgehead atoms. The van der Waals surface area contributed by atoms with Crippen LogP contribution in [0, 0.1) is 6.92 Å². The van der Waals surface area contributed by atoms with Crippen LogP contribution in [0.3, 0.4) is 0 Å². The van der Waals surface area contributed by atoms with Crippen molar-refractivity contribution in [3.8, 4) is 0 Å². The SMILES string of the molecule is CCCC[C@H]1O[C@@H]2OC(C)O[C@@H]2[C@H]1OCc1ccsc1C. The minimum atomic E-state index is -0.268. The lowest BCUT2D eigenvalue weighted by Crippen LogP contribution is -2.35. The molecule has 5 atom stereocenters. The molecule has 0 aliphatic carbocycles. The van der Waals surface area contributed by atoms with Gasteiger partial charge < -0.3 is 18.9 Å². The first-order chi connectivity index (χ1) is 10.2. The Hall–Kier alpha value is -0.460. The Morgan fingerprint density at radius 3 is 2.86 bits per heavy atom. The van der Waals surface area contributed by atoms with E-state index in [0.29, 0.717) is 6.61 Å². The molecule has 2 saturated heterocycles. The number of rotatable bonds is 6. The van der Waals surface area contributed by atoms with E-state index in [0.717, 1.165) is 19.3 Å². The molecule has 1 aromatic rings. The van der Waals surface area contributed by atoms with Crippen LogP contribution < -0.4 is 0 Å². The van der Waals surface area contributed by atoms with Gasteiger partial charge >= 0.3 is 0 Å². The summed E-state index contributed by atoms with van der Waals surface area (Å²) in [5, 5.41) is 2.10. The lowest BCUT2D eigenvalue weighted by molar-refractivity contribution is -0.169. The summed E-state index contributed by atoms with van der Waals surface area (Å²) >= 11 is 1.75. The number of fused-ring (bicyclic) bond motifs is 1. The highest BCUT2D eigenvalue weighted by atomic mass is 32.1. The van der Waals surface area contributed by atoms with Crippen LogP contribution in [-0.2, 0) is 25.6 Å². The highest BCUT2D eigenvalue weighted by Gasteiger charge is 2.51. The smallest absolute Gasteiger partial charge is 0.189 e. The Morgan fingerprint density at radius 2 is 2.14 bits per heavy atom. The van der Waals surface area contributed by atoms with Crippen LogP contribution in [0.25, 0.3) is 0 Å². The molecule has 2 fully saturated rings. The molecule has 1 aromatic heterocycles. The molecule has 0 amide bonds. The van der Waals surface area contributed by atoms with Crippen molar-refractivity contribution in [2.45, 2.75) is 77.5 Å². The second kappa shape index (κ2) is 6.75. The Balaban J connectivity index is 1.64. The topological polar surface area (TPSA) is 36.9 Å². The van der Waals surface area contributed by atoms with Crippen molar-refractivity contribution in [1.29, 1.82) is 0 Å². The van der Waals surface area contributed by atoms with Crippen LogP contribution in [0.2, 0.25) is 0 Å². The molecule has 0 spiro atoms. The molecule has 0 N–H and O–H groups in total. The van der Waals surface area contributed by atoms with Crippen LogP contribution in [0.5, 0.6) is 0 Å². The molecule has 5 heteroatoms. The summed E-state index contributed by atoms with van der Waals surface area (Å²) in [5.41, 5.74) is 1.25. The average Bonchev–Trinajstić information content (AvgIpc) is 3.09. The van der Waals surface area contributed by atoms with Gasteiger partial charge in [0.2, 0.25) is 0 Å². The summed E-state index contributed by atoms with van der Waals surface area (Å²) in [5.74, 6) is 0. The van der Waals surface area contributed by atoms with Gasteiger partial charge in [-0.25, -0.2) is 0 Å². The maximum atomic E-state index is 6.18. The summed E-state index contributed by atoms with van der Waals surface area (Å²) in [4.78, 5) is 1.31. The van der Waals surface area contributed by atoms with Gasteiger partial charge in [0.05, 0.1) is 12.7 Å². The van der Waals surface area contributed by atoms with Crippen molar-refractivity contribution in [2.75, 3.05) is 0 Å². The monoisotopic (exact) mass is 312 g/mol. The quantitative estimate of drug-likeness (QED) is 0.804. The minimum absolute atomic E-state index is 0.0363. The zero-order valence-corrected chi connectivity index (χ0v) is 13.7. The average molecular weight is 312 g/mol. The standard InChI is InChI=1S/C16H24O4S/c1-4-5-6-13-14(15-16(20-13)19-11(3)18-15)17-9-12-7-8-21-10(12)2/h7-8,11,13-16H,4-6,9H2,1-3H3/t11?,13-,14+,15-,16+/m1/s1. The van der Waals surface area contributed by atoms with Gasteiger partial charge in [-0.3, -0.25) is 0 Å². The van der Waals surface area contributed by atoms with Crippen molar-refractivity contribution in [3.63, 3.8) is 0 Å². The van der Waals surface area contributed by atoms with Gasteiger partial charge in [0, 0.05) is 4.88 Å². The van der Waals surface area contributed by atoms with Crippen LogP contribution in [-0.4, -0.2) is 30.9 Å². The highest BCUT2D eigenvalue weighted by Crippen LogP contribution is 2.36. The fourth-order valence-electron chi connectivity index (χ4n) is 2.97. The first-order valence-electron chi connectivity index (χ1n) is 7.80. The molecule has 2 aliphatic heterocycles. The predicted octanol–water partition coefficient (Wildman–Crippen LogP) is 3.62. The van der Waals surface area contributed by atoms with Gasteiger partial charge in [-0.15, -0.1) is 11.3 Å². The van der Waals surface area contributed by atoms with Gasteiger partial charge in [0.15, 0.2) is 12.6 Å². The van der Waals surface area contributed by atoms with Crippen LogP contribution >= 0.6 is 11.3 Å². The summed E-state index contributed by atoms with van der Waals surface area (Å²) in [6.45, 7) is 6.84. The molecule has 4 nitrogen and oxygen atoms in total. The fourth-order valence-corrected chi connectivity index (χ4v) is 3.69. The molecular formula is C16H24O4S. The molecule has 118 valence electrons. The molecule has 3 heterocycles. The number of hydrogen-bond donors (Lipinski definition) is 0. The number of hydrogen-bond acceptors (Lipinski definition) is 5. The summed E-state index contributed by atoms with van der Waals surface area (Å²) in [7, 11) is 0. The van der Waals surface area contributed by atoms with Gasteiger partial charge in [0.1, 0.15) is 12.2 Å². The van der Waals surface area contributed by atoms with Gasteiger partial charge in [0.25, 0.3) is 0 Å². The van der Waals surface area contributed by atoms with Gasteiger partial charge in [-0.2, -0.15) is 0 Å². The molecule has 0 aromatic carbocycles. The van der Waals surface area contributed by atoms with Crippen molar-refractivity contribution >= 4 is 11.3 Å². The minimum Gasteiger partial charge on any atom is -0.368 e. The summed E-state index contributed by atoms with van der Waals surface area (Å²) in [6.07, 6.45) is 2.76. The van der Waals surface area contributed by atoms with Crippen molar-refractivity contribution in [1.82, 2.24) is 0 Å². The number of unbranched alkanes of at least 4 members (excludes halogenated alkanes) is 1. The van der Waals surface area contributed by atoms with E-state index in [2.05, 4.69) is 25.3 Å². The van der Waals surface area contributed by atoms with Gasteiger partial charge in [-0.1, -0.05) is 19.8 Å². The largest absolute Gasteiger partial charge is 0.368 e. The Bertz CT molecular complexity index is 461. The van der Waals surface area contributed by atoms with E-state index in [9.17, 15) is 0 Å². The van der Waals surface area contributed by atoms with E-state index < -0.39 is 0 Å². The predicted molar refractivity (Wildman–Crippen MR) is 81.2 cm³/mol. The second-order valence-corrected chi connectivity index (χ2v) is 6.89. The van der Waals surface area contributed by atoms with Crippen molar-refractivity contribution in [3.05, 3.63) is 21.9 Å². The maximum Gasteiger partial charge on any atom is 0.189 e. The van der Waals surface area contributed by atoms with E-state index in [1.54, 1.807) is 11.3 Å². The van der Waals surface area contributed by atoms with E-state index in [1.165, 1.54) is 10.4 Å². The molecule has 0 saturated carbocycles. The molecule has 0 radical (unpaired) electrons. The van der Waals surface area contributed by atoms with Crippen LogP contribution in [0.15, 0.2) is 11.4 Å². The Morgan fingerprint density at radius 1 is 1.29 bits per heavy atom. The normalized spacial score (nSPS) is 35.3. The third kappa shape index (κ3) is 3.32. The fraction of sp³-hybridized carbons (Fsp3) is 0.750. The first-order valence-corrected chi connectivity index (χ1v) is 8.68. The molecule has 2 aliphatic rings. The molecule has 21 heavy (non-hydrogen) atoms. The third-order valence-electron chi connectivity index (χ3n) is 4.18. The van der Waals surface area contributed by atoms with Crippen molar-refractivity contribution < 1.29 is 18.9 Å². The number of aryl methyl sites for hydroxylation is 1. The van der Waals surface area contributed by atoms with Gasteiger partial charge in [-0.05, 0) is 37.3 Å². The van der Waals surface area contributed by atoms with E-state index in [4.69, 9.17) is 18.9 Å². The zero-order chi connectivity index (χ0) is 14.8. The molecule has 1 unspecified atom stereocenters. The first kappa shape index (κ1) is 15.4. The van der Waals surface area contributed by atoms with Crippen molar-refractivity contribution in [2.24, 2.45) is 0 Å². The highest BCUT2D eigenvalue weighted by molar-refractivity contribution is 7.10. The third-order valence-corrected chi connectivity index (χ3v) is 5.07. The Kier molecular flexibility index (Phi) is 4.96. The van der Waals surface area contributed by atoms with Crippen LogP contribution in [0.1, 0.15) is 43.6 Å². The van der Waals surface area contributed by atoms with E-state index in [1.807, 2.05) is 6.92 Å². The number of thiophene rings is 1. The van der Waals surface area contributed by atoms with E-state index in [-0.39, 0.29) is 30.9 Å². The maximum absolute atomic E-state index is 6.18. The second-order valence-electron chi connectivity index (χ2n) is 5.77. The Labute approximate surface area is 130 Å². The lowest BCUT2D eigenvalue weighted by Gasteiger charge is -2.22.